The van der Waals surface area contributed by atoms with Gasteiger partial charge in [-0.15, -0.1) is 0 Å². The summed E-state index contributed by atoms with van der Waals surface area (Å²) in [5.41, 5.74) is 1.16. The molecule has 1 aliphatic rings. The molecule has 1 unspecified atom stereocenters. The van der Waals surface area contributed by atoms with E-state index in [0.717, 1.165) is 5.57 Å². The highest BCUT2D eigenvalue weighted by Crippen LogP contribution is 2.11. The van der Waals surface area contributed by atoms with Crippen molar-refractivity contribution in [1.82, 2.24) is 10.2 Å². The van der Waals surface area contributed by atoms with E-state index in [4.69, 9.17) is 0 Å². The molecule has 1 aliphatic heterocycles. The third-order valence-corrected chi connectivity index (χ3v) is 2.71. The molecule has 2 amide bonds. The van der Waals surface area contributed by atoms with E-state index in [9.17, 15) is 9.59 Å². The zero-order valence-electron chi connectivity index (χ0n) is 11.1. The van der Waals surface area contributed by atoms with Crippen LogP contribution in [0.2, 0.25) is 0 Å². The number of allylic oxidation sites excluding steroid dienone is 1. The van der Waals surface area contributed by atoms with Crippen molar-refractivity contribution in [2.24, 2.45) is 5.92 Å². The van der Waals surface area contributed by atoms with Gasteiger partial charge in [0.05, 0.1) is 6.54 Å². The van der Waals surface area contributed by atoms with Crippen LogP contribution in [-0.2, 0) is 9.59 Å². The molecule has 0 aromatic heterocycles. The highest BCUT2D eigenvalue weighted by molar-refractivity contribution is 5.94. The van der Waals surface area contributed by atoms with Crippen molar-refractivity contribution in [3.8, 4) is 0 Å². The first-order chi connectivity index (χ1) is 7.90. The Morgan fingerprint density at radius 1 is 1.47 bits per heavy atom. The van der Waals surface area contributed by atoms with Crippen molar-refractivity contribution in [1.29, 1.82) is 0 Å². The molecule has 4 heteroatoms. The van der Waals surface area contributed by atoms with Crippen molar-refractivity contribution < 1.29 is 9.59 Å². The first kappa shape index (κ1) is 13.7. The van der Waals surface area contributed by atoms with E-state index in [1.807, 2.05) is 19.9 Å². The Morgan fingerprint density at radius 3 is 2.65 bits per heavy atom. The van der Waals surface area contributed by atoms with Gasteiger partial charge in [0.2, 0.25) is 11.8 Å². The van der Waals surface area contributed by atoms with Crippen LogP contribution in [-0.4, -0.2) is 35.8 Å². The van der Waals surface area contributed by atoms with Crippen LogP contribution < -0.4 is 5.32 Å². The number of hydrogen-bond donors (Lipinski definition) is 1. The highest BCUT2D eigenvalue weighted by atomic mass is 16.2. The molecule has 0 aliphatic carbocycles. The lowest BCUT2D eigenvalue weighted by Gasteiger charge is -2.32. The maximum atomic E-state index is 12.1. The second-order valence-corrected chi connectivity index (χ2v) is 5.25. The topological polar surface area (TPSA) is 49.4 Å². The van der Waals surface area contributed by atoms with Crippen molar-refractivity contribution in [2.45, 2.75) is 40.2 Å². The molecule has 0 aromatic carbocycles. The van der Waals surface area contributed by atoms with Crippen molar-refractivity contribution in [3.05, 3.63) is 11.6 Å². The monoisotopic (exact) mass is 238 g/mol. The van der Waals surface area contributed by atoms with Crippen LogP contribution in [0.25, 0.3) is 0 Å². The van der Waals surface area contributed by atoms with Gasteiger partial charge in [-0.2, -0.15) is 0 Å². The summed E-state index contributed by atoms with van der Waals surface area (Å²) in [7, 11) is 0. The standard InChI is InChI=1S/C13H22N2O2/c1-9(2)5-6-15-8-12(16)14-11(13(15)17)7-10(3)4/h5,10-11H,6-8H2,1-4H3,(H,14,16). The molecule has 0 saturated carbocycles. The summed E-state index contributed by atoms with van der Waals surface area (Å²) in [6, 6.07) is -0.346. The van der Waals surface area contributed by atoms with Crippen LogP contribution in [0.3, 0.4) is 0 Å². The zero-order chi connectivity index (χ0) is 13.0. The van der Waals surface area contributed by atoms with Crippen LogP contribution in [0, 0.1) is 5.92 Å². The highest BCUT2D eigenvalue weighted by Gasteiger charge is 2.32. The molecule has 1 heterocycles. The molecule has 1 N–H and O–H groups in total. The van der Waals surface area contributed by atoms with Crippen molar-refractivity contribution >= 4 is 11.8 Å². The molecular weight excluding hydrogens is 216 g/mol. The van der Waals surface area contributed by atoms with Crippen molar-refractivity contribution in [3.63, 3.8) is 0 Å². The fourth-order valence-electron chi connectivity index (χ4n) is 1.85. The average molecular weight is 238 g/mol. The summed E-state index contributed by atoms with van der Waals surface area (Å²) in [5.74, 6) is 0.376. The second kappa shape index (κ2) is 5.84. The lowest BCUT2D eigenvalue weighted by atomic mass is 10.0. The van der Waals surface area contributed by atoms with Gasteiger partial charge in [0.15, 0.2) is 0 Å². The first-order valence-electron chi connectivity index (χ1n) is 6.11. The summed E-state index contributed by atoms with van der Waals surface area (Å²) in [5, 5.41) is 2.76. The van der Waals surface area contributed by atoms with Gasteiger partial charge in [-0.25, -0.2) is 0 Å². The second-order valence-electron chi connectivity index (χ2n) is 5.25. The Balaban J connectivity index is 2.68. The van der Waals surface area contributed by atoms with E-state index in [1.165, 1.54) is 0 Å². The summed E-state index contributed by atoms with van der Waals surface area (Å²) in [6.45, 7) is 8.78. The van der Waals surface area contributed by atoms with Gasteiger partial charge in [0, 0.05) is 6.54 Å². The lowest BCUT2D eigenvalue weighted by Crippen LogP contribution is -2.58. The van der Waals surface area contributed by atoms with Crippen LogP contribution in [0.4, 0.5) is 0 Å². The number of nitrogens with zero attached hydrogens (tertiary/aromatic N) is 1. The minimum absolute atomic E-state index is 0.0378. The van der Waals surface area contributed by atoms with Crippen LogP contribution in [0.5, 0.6) is 0 Å². The van der Waals surface area contributed by atoms with Gasteiger partial charge < -0.3 is 10.2 Å². The lowest BCUT2D eigenvalue weighted by molar-refractivity contribution is -0.144. The number of piperazine rings is 1. The van der Waals surface area contributed by atoms with E-state index in [0.29, 0.717) is 18.9 Å². The van der Waals surface area contributed by atoms with Gasteiger partial charge in [-0.1, -0.05) is 25.5 Å². The molecule has 0 radical (unpaired) electrons. The minimum Gasteiger partial charge on any atom is -0.343 e. The molecular formula is C13H22N2O2. The minimum atomic E-state index is -0.346. The fourth-order valence-corrected chi connectivity index (χ4v) is 1.85. The Bertz CT molecular complexity index is 330. The smallest absolute Gasteiger partial charge is 0.245 e. The van der Waals surface area contributed by atoms with Crippen LogP contribution in [0.15, 0.2) is 11.6 Å². The first-order valence-corrected chi connectivity index (χ1v) is 6.11. The number of carbonyl (C=O) groups excluding carboxylic acids is 2. The fraction of sp³-hybridized carbons (Fsp3) is 0.692. The van der Waals surface area contributed by atoms with Gasteiger partial charge in [-0.05, 0) is 26.2 Å². The number of nitrogens with one attached hydrogen (secondary N) is 1. The van der Waals surface area contributed by atoms with E-state index in [1.54, 1.807) is 4.90 Å². The van der Waals surface area contributed by atoms with E-state index < -0.39 is 0 Å². The number of hydrogen-bond acceptors (Lipinski definition) is 2. The van der Waals surface area contributed by atoms with E-state index in [-0.39, 0.29) is 24.4 Å². The van der Waals surface area contributed by atoms with Crippen LogP contribution >= 0.6 is 0 Å². The molecule has 1 atom stereocenters. The SMILES string of the molecule is CC(C)=CCN1CC(=O)NC(CC(C)C)C1=O. The van der Waals surface area contributed by atoms with Gasteiger partial charge in [-0.3, -0.25) is 9.59 Å². The molecule has 1 fully saturated rings. The number of carbonyl (C=O) groups is 2. The third kappa shape index (κ3) is 4.21. The van der Waals surface area contributed by atoms with E-state index in [2.05, 4.69) is 19.2 Å². The summed E-state index contributed by atoms with van der Waals surface area (Å²) >= 11 is 0. The molecule has 0 aromatic rings. The predicted octanol–water partition coefficient (Wildman–Crippen LogP) is 1.33. The molecule has 1 saturated heterocycles. The Morgan fingerprint density at radius 2 is 2.12 bits per heavy atom. The summed E-state index contributed by atoms with van der Waals surface area (Å²) in [4.78, 5) is 25.3. The number of amides is 2. The Hall–Kier alpha value is -1.32. The van der Waals surface area contributed by atoms with Crippen LogP contribution in [0.1, 0.15) is 34.1 Å². The largest absolute Gasteiger partial charge is 0.343 e. The zero-order valence-corrected chi connectivity index (χ0v) is 11.1. The third-order valence-electron chi connectivity index (χ3n) is 2.71. The molecule has 4 nitrogen and oxygen atoms in total. The van der Waals surface area contributed by atoms with Gasteiger partial charge >= 0.3 is 0 Å². The molecule has 0 spiro atoms. The Labute approximate surface area is 103 Å². The molecule has 96 valence electrons. The summed E-state index contributed by atoms with van der Waals surface area (Å²) in [6.07, 6.45) is 2.68. The quantitative estimate of drug-likeness (QED) is 0.751. The normalized spacial score (nSPS) is 20.5. The molecule has 17 heavy (non-hydrogen) atoms. The number of rotatable bonds is 4. The van der Waals surface area contributed by atoms with Gasteiger partial charge in [0.25, 0.3) is 0 Å². The van der Waals surface area contributed by atoms with Crippen molar-refractivity contribution in [2.75, 3.05) is 13.1 Å². The average Bonchev–Trinajstić information content (AvgIpc) is 2.19. The predicted molar refractivity (Wildman–Crippen MR) is 67.4 cm³/mol. The van der Waals surface area contributed by atoms with Gasteiger partial charge in [0.1, 0.15) is 6.04 Å². The maximum Gasteiger partial charge on any atom is 0.245 e. The molecule has 0 bridgehead atoms. The van der Waals surface area contributed by atoms with E-state index >= 15 is 0 Å². The maximum absolute atomic E-state index is 12.1. The molecule has 1 rings (SSSR count). The summed E-state index contributed by atoms with van der Waals surface area (Å²) < 4.78 is 0. The Kier molecular flexibility index (Phi) is 4.73.